The summed E-state index contributed by atoms with van der Waals surface area (Å²) in [5.41, 5.74) is 5.67. The summed E-state index contributed by atoms with van der Waals surface area (Å²) in [5.74, 6) is -0.233. The fourth-order valence-electron chi connectivity index (χ4n) is 2.21. The van der Waals surface area contributed by atoms with Gasteiger partial charge in [-0.15, -0.1) is 0 Å². The second-order valence-electron chi connectivity index (χ2n) is 4.84. The number of rotatable bonds is 4. The standard InChI is InChI=1S/C12H17FN2O2S/c1-15(8-9-5-11(14)6-9)18(16,17)12-4-2-3-10(13)7-12/h2-4,7,9,11H,5-6,8,14H2,1H3. The maximum Gasteiger partial charge on any atom is 0.242 e. The number of sulfonamides is 1. The molecule has 0 aliphatic heterocycles. The highest BCUT2D eigenvalue weighted by Gasteiger charge is 2.30. The van der Waals surface area contributed by atoms with E-state index in [0.717, 1.165) is 18.9 Å². The van der Waals surface area contributed by atoms with Gasteiger partial charge in [0.05, 0.1) is 4.90 Å². The van der Waals surface area contributed by atoms with E-state index in [1.54, 1.807) is 0 Å². The van der Waals surface area contributed by atoms with Crippen LogP contribution in [0.15, 0.2) is 29.2 Å². The smallest absolute Gasteiger partial charge is 0.242 e. The lowest BCUT2D eigenvalue weighted by atomic mass is 9.81. The van der Waals surface area contributed by atoms with Gasteiger partial charge in [-0.1, -0.05) is 6.07 Å². The molecule has 0 amide bonds. The van der Waals surface area contributed by atoms with Gasteiger partial charge in [-0.2, -0.15) is 0 Å². The van der Waals surface area contributed by atoms with Crippen molar-refractivity contribution < 1.29 is 12.8 Å². The zero-order valence-corrected chi connectivity index (χ0v) is 11.0. The fourth-order valence-corrected chi connectivity index (χ4v) is 3.48. The first-order valence-electron chi connectivity index (χ1n) is 5.87. The molecule has 0 atom stereocenters. The van der Waals surface area contributed by atoms with Crippen LogP contribution in [0.3, 0.4) is 0 Å². The van der Waals surface area contributed by atoms with E-state index in [2.05, 4.69) is 0 Å². The normalized spacial score (nSPS) is 24.0. The highest BCUT2D eigenvalue weighted by atomic mass is 32.2. The summed E-state index contributed by atoms with van der Waals surface area (Å²) in [6.07, 6.45) is 1.70. The Morgan fingerprint density at radius 1 is 1.44 bits per heavy atom. The molecule has 6 heteroatoms. The van der Waals surface area contributed by atoms with Gasteiger partial charge in [0.15, 0.2) is 0 Å². The van der Waals surface area contributed by atoms with Crippen molar-refractivity contribution in [3.05, 3.63) is 30.1 Å². The van der Waals surface area contributed by atoms with Gasteiger partial charge in [0, 0.05) is 19.6 Å². The molecule has 2 N–H and O–H groups in total. The van der Waals surface area contributed by atoms with E-state index in [9.17, 15) is 12.8 Å². The topological polar surface area (TPSA) is 63.4 Å². The molecule has 1 aliphatic carbocycles. The number of benzene rings is 1. The van der Waals surface area contributed by atoms with Crippen molar-refractivity contribution in [1.29, 1.82) is 0 Å². The Kier molecular flexibility index (Phi) is 3.70. The van der Waals surface area contributed by atoms with Gasteiger partial charge in [-0.3, -0.25) is 0 Å². The Labute approximate surface area is 107 Å². The molecule has 0 saturated heterocycles. The number of hydrogen-bond acceptors (Lipinski definition) is 3. The Bertz CT molecular complexity index is 527. The number of nitrogens with zero attached hydrogens (tertiary/aromatic N) is 1. The first-order chi connectivity index (χ1) is 8.39. The molecular formula is C12H17FN2O2S. The largest absolute Gasteiger partial charge is 0.328 e. The van der Waals surface area contributed by atoms with Crippen LogP contribution in [0, 0.1) is 11.7 Å². The second-order valence-corrected chi connectivity index (χ2v) is 6.89. The molecular weight excluding hydrogens is 255 g/mol. The van der Waals surface area contributed by atoms with Gasteiger partial charge in [0.25, 0.3) is 0 Å². The van der Waals surface area contributed by atoms with E-state index in [0.29, 0.717) is 12.5 Å². The third-order valence-corrected chi connectivity index (χ3v) is 5.11. The Balaban J connectivity index is 2.10. The maximum absolute atomic E-state index is 13.1. The predicted molar refractivity (Wildman–Crippen MR) is 66.9 cm³/mol. The van der Waals surface area contributed by atoms with Crippen LogP contribution in [0.5, 0.6) is 0 Å². The van der Waals surface area contributed by atoms with Crippen molar-refractivity contribution >= 4 is 10.0 Å². The van der Waals surface area contributed by atoms with Crippen molar-refractivity contribution in [2.75, 3.05) is 13.6 Å². The van der Waals surface area contributed by atoms with Gasteiger partial charge in [0.2, 0.25) is 10.0 Å². The quantitative estimate of drug-likeness (QED) is 0.895. The molecule has 2 rings (SSSR count). The number of nitrogens with two attached hydrogens (primary N) is 1. The summed E-state index contributed by atoms with van der Waals surface area (Å²) in [4.78, 5) is -0.00591. The second kappa shape index (κ2) is 4.95. The Hall–Kier alpha value is -0.980. The summed E-state index contributed by atoms with van der Waals surface area (Å²) >= 11 is 0. The van der Waals surface area contributed by atoms with E-state index in [4.69, 9.17) is 5.73 Å². The molecule has 0 spiro atoms. The minimum atomic E-state index is -3.60. The lowest BCUT2D eigenvalue weighted by Gasteiger charge is -2.34. The van der Waals surface area contributed by atoms with Crippen LogP contribution >= 0.6 is 0 Å². The number of halogens is 1. The molecule has 4 nitrogen and oxygen atoms in total. The predicted octanol–water partition coefficient (Wildman–Crippen LogP) is 1.18. The Morgan fingerprint density at radius 2 is 2.11 bits per heavy atom. The summed E-state index contributed by atoms with van der Waals surface area (Å²) in [6.45, 7) is 0.437. The van der Waals surface area contributed by atoms with Gasteiger partial charge in [-0.25, -0.2) is 17.1 Å². The zero-order valence-electron chi connectivity index (χ0n) is 10.2. The van der Waals surface area contributed by atoms with Gasteiger partial charge in [-0.05, 0) is 37.0 Å². The van der Waals surface area contributed by atoms with Crippen LogP contribution in [0.25, 0.3) is 0 Å². The van der Waals surface area contributed by atoms with Gasteiger partial charge in [0.1, 0.15) is 5.82 Å². The van der Waals surface area contributed by atoms with Crippen molar-refractivity contribution in [3.8, 4) is 0 Å². The molecule has 0 radical (unpaired) electrons. The molecule has 1 aliphatic rings. The highest BCUT2D eigenvalue weighted by molar-refractivity contribution is 7.89. The molecule has 18 heavy (non-hydrogen) atoms. The first-order valence-corrected chi connectivity index (χ1v) is 7.31. The van der Waals surface area contributed by atoms with Crippen LogP contribution in [-0.2, 0) is 10.0 Å². The van der Waals surface area contributed by atoms with E-state index >= 15 is 0 Å². The van der Waals surface area contributed by atoms with Crippen LogP contribution in [0.1, 0.15) is 12.8 Å². The molecule has 1 saturated carbocycles. The highest BCUT2D eigenvalue weighted by Crippen LogP contribution is 2.27. The molecule has 100 valence electrons. The lowest BCUT2D eigenvalue weighted by Crippen LogP contribution is -2.43. The van der Waals surface area contributed by atoms with Crippen molar-refractivity contribution in [2.45, 2.75) is 23.8 Å². The van der Waals surface area contributed by atoms with E-state index in [1.807, 2.05) is 0 Å². The van der Waals surface area contributed by atoms with E-state index in [1.165, 1.54) is 29.6 Å². The SMILES string of the molecule is CN(CC1CC(N)C1)S(=O)(=O)c1cccc(F)c1. The molecule has 0 unspecified atom stereocenters. The fraction of sp³-hybridized carbons (Fsp3) is 0.500. The van der Waals surface area contributed by atoms with Crippen molar-refractivity contribution in [3.63, 3.8) is 0 Å². The minimum absolute atomic E-state index is 0.00591. The third-order valence-electron chi connectivity index (χ3n) is 3.29. The Morgan fingerprint density at radius 3 is 2.67 bits per heavy atom. The first kappa shape index (κ1) is 13.5. The summed E-state index contributed by atoms with van der Waals surface area (Å²) in [6, 6.07) is 5.26. The van der Waals surface area contributed by atoms with Crippen LogP contribution < -0.4 is 5.73 Å². The van der Waals surface area contributed by atoms with Crippen LogP contribution in [0.2, 0.25) is 0 Å². The average molecular weight is 272 g/mol. The van der Waals surface area contributed by atoms with E-state index in [-0.39, 0.29) is 10.9 Å². The minimum Gasteiger partial charge on any atom is -0.328 e. The molecule has 1 aromatic rings. The van der Waals surface area contributed by atoms with Gasteiger partial charge < -0.3 is 5.73 Å². The van der Waals surface area contributed by atoms with Crippen molar-refractivity contribution in [1.82, 2.24) is 4.31 Å². The molecule has 0 aromatic heterocycles. The number of hydrogen-bond donors (Lipinski definition) is 1. The average Bonchev–Trinajstić information content (AvgIpc) is 2.26. The molecule has 1 aromatic carbocycles. The summed E-state index contributed by atoms with van der Waals surface area (Å²) in [5, 5.41) is 0. The van der Waals surface area contributed by atoms with E-state index < -0.39 is 15.8 Å². The van der Waals surface area contributed by atoms with Crippen LogP contribution in [0.4, 0.5) is 4.39 Å². The van der Waals surface area contributed by atoms with Crippen molar-refractivity contribution in [2.24, 2.45) is 11.7 Å². The lowest BCUT2D eigenvalue weighted by molar-refractivity contribution is 0.227. The maximum atomic E-state index is 13.1. The zero-order chi connectivity index (χ0) is 13.3. The van der Waals surface area contributed by atoms with Gasteiger partial charge >= 0.3 is 0 Å². The summed E-state index contributed by atoms with van der Waals surface area (Å²) in [7, 11) is -2.08. The monoisotopic (exact) mass is 272 g/mol. The summed E-state index contributed by atoms with van der Waals surface area (Å²) < 4.78 is 38.7. The molecule has 1 fully saturated rings. The van der Waals surface area contributed by atoms with Crippen LogP contribution in [-0.4, -0.2) is 32.4 Å². The molecule has 0 bridgehead atoms. The molecule has 0 heterocycles. The third kappa shape index (κ3) is 2.71.